The van der Waals surface area contributed by atoms with Crippen LogP contribution in [0, 0.1) is 18.3 Å². The van der Waals surface area contributed by atoms with E-state index in [1.165, 1.54) is 6.92 Å². The lowest BCUT2D eigenvalue weighted by Gasteiger charge is -2.12. The molecule has 0 unspecified atom stereocenters. The number of nitrogens with zero attached hydrogens (tertiary/aromatic N) is 4. The van der Waals surface area contributed by atoms with E-state index in [-0.39, 0.29) is 28.3 Å². The van der Waals surface area contributed by atoms with Crippen LogP contribution in [0.2, 0.25) is 0 Å². The van der Waals surface area contributed by atoms with Gasteiger partial charge in [-0.15, -0.1) is 10.2 Å². The minimum Gasteiger partial charge on any atom is -0.420 e. The fraction of sp³-hybridized carbons (Fsp3) is 0.176. The first-order chi connectivity index (χ1) is 12.8. The average Bonchev–Trinajstić information content (AvgIpc) is 3.08. The van der Waals surface area contributed by atoms with Gasteiger partial charge in [-0.25, -0.2) is 4.98 Å². The van der Waals surface area contributed by atoms with Crippen LogP contribution < -0.4 is 0 Å². The van der Waals surface area contributed by atoms with Crippen LogP contribution in [0.25, 0.3) is 11.5 Å². The Morgan fingerprint density at radius 1 is 1.26 bits per heavy atom. The van der Waals surface area contributed by atoms with Gasteiger partial charge in [-0.3, -0.25) is 0 Å². The van der Waals surface area contributed by atoms with Gasteiger partial charge in [-0.05, 0) is 41.1 Å². The number of nitriles is 1. The van der Waals surface area contributed by atoms with E-state index in [1.807, 2.05) is 18.2 Å². The van der Waals surface area contributed by atoms with Gasteiger partial charge in [0.05, 0.1) is 22.4 Å². The molecule has 1 aromatic carbocycles. The van der Waals surface area contributed by atoms with Crippen LogP contribution in [0.3, 0.4) is 0 Å². The maximum Gasteiger partial charge on any atom is 0.417 e. The number of hydrogen-bond donors (Lipinski definition) is 0. The SMILES string of the molecule is Cc1cc(C(F)(F)F)c(C#N)c(SCc2nnc(-c3ccccc3Br)o2)n1. The molecule has 0 saturated heterocycles. The highest BCUT2D eigenvalue weighted by Gasteiger charge is 2.35. The molecule has 2 heterocycles. The second-order valence-corrected chi connectivity index (χ2v) is 7.19. The summed E-state index contributed by atoms with van der Waals surface area (Å²) < 4.78 is 45.8. The van der Waals surface area contributed by atoms with Crippen LogP contribution in [0.5, 0.6) is 0 Å². The molecule has 0 saturated carbocycles. The van der Waals surface area contributed by atoms with Gasteiger partial charge in [-0.2, -0.15) is 18.4 Å². The summed E-state index contributed by atoms with van der Waals surface area (Å²) in [7, 11) is 0. The van der Waals surface area contributed by atoms with Gasteiger partial charge in [0.25, 0.3) is 0 Å². The van der Waals surface area contributed by atoms with Crippen LogP contribution in [-0.4, -0.2) is 15.2 Å². The van der Waals surface area contributed by atoms with Crippen LogP contribution in [0.4, 0.5) is 13.2 Å². The normalized spacial score (nSPS) is 11.4. The molecule has 27 heavy (non-hydrogen) atoms. The predicted molar refractivity (Wildman–Crippen MR) is 95.7 cm³/mol. The maximum absolute atomic E-state index is 13.2. The Hall–Kier alpha value is -2.38. The third-order valence-corrected chi connectivity index (χ3v) is 5.09. The Labute approximate surface area is 164 Å². The van der Waals surface area contributed by atoms with Gasteiger partial charge in [0.1, 0.15) is 11.1 Å². The zero-order valence-electron chi connectivity index (χ0n) is 13.7. The monoisotopic (exact) mass is 454 g/mol. The van der Waals surface area contributed by atoms with E-state index in [2.05, 4.69) is 31.1 Å². The smallest absolute Gasteiger partial charge is 0.417 e. The lowest BCUT2D eigenvalue weighted by Crippen LogP contribution is -2.10. The molecule has 0 atom stereocenters. The molecular formula is C17H10BrF3N4OS. The summed E-state index contributed by atoms with van der Waals surface area (Å²) >= 11 is 4.33. The van der Waals surface area contributed by atoms with E-state index in [1.54, 1.807) is 12.1 Å². The molecule has 3 rings (SSSR count). The quantitative estimate of drug-likeness (QED) is 0.492. The molecule has 5 nitrogen and oxygen atoms in total. The summed E-state index contributed by atoms with van der Waals surface area (Å²) in [6.07, 6.45) is -4.63. The van der Waals surface area contributed by atoms with Crippen molar-refractivity contribution in [2.45, 2.75) is 23.9 Å². The molecule has 0 bridgehead atoms. The van der Waals surface area contributed by atoms with Gasteiger partial charge >= 0.3 is 6.18 Å². The molecule has 10 heteroatoms. The van der Waals surface area contributed by atoms with Crippen molar-refractivity contribution < 1.29 is 17.6 Å². The molecule has 0 aliphatic heterocycles. The van der Waals surface area contributed by atoms with Gasteiger partial charge in [0, 0.05) is 10.2 Å². The molecule has 0 fully saturated rings. The summed E-state index contributed by atoms with van der Waals surface area (Å²) in [6, 6.07) is 9.72. The van der Waals surface area contributed by atoms with E-state index in [0.717, 1.165) is 22.3 Å². The highest BCUT2D eigenvalue weighted by atomic mass is 79.9. The molecule has 0 aliphatic rings. The van der Waals surface area contributed by atoms with Gasteiger partial charge in [0.2, 0.25) is 11.8 Å². The van der Waals surface area contributed by atoms with Crippen molar-refractivity contribution >= 4 is 27.7 Å². The molecule has 3 aromatic rings. The Bertz CT molecular complexity index is 1030. The predicted octanol–water partition coefficient (Wildman–Crippen LogP) is 5.39. The summed E-state index contributed by atoms with van der Waals surface area (Å²) in [4.78, 5) is 4.06. The number of alkyl halides is 3. The minimum atomic E-state index is -4.63. The highest BCUT2D eigenvalue weighted by molar-refractivity contribution is 9.10. The topological polar surface area (TPSA) is 75.6 Å². The van der Waals surface area contributed by atoms with Crippen LogP contribution >= 0.6 is 27.7 Å². The Morgan fingerprint density at radius 2 is 2.00 bits per heavy atom. The number of aromatic nitrogens is 3. The first-order valence-corrected chi connectivity index (χ1v) is 9.26. The largest absolute Gasteiger partial charge is 0.420 e. The number of halogens is 4. The van der Waals surface area contributed by atoms with Gasteiger partial charge < -0.3 is 4.42 Å². The first kappa shape index (κ1) is 19.4. The fourth-order valence-electron chi connectivity index (χ4n) is 2.27. The summed E-state index contributed by atoms with van der Waals surface area (Å²) in [6.45, 7) is 1.44. The Kier molecular flexibility index (Phi) is 5.53. The van der Waals surface area contributed by atoms with Gasteiger partial charge in [0.15, 0.2) is 0 Å². The lowest BCUT2D eigenvalue weighted by atomic mass is 10.1. The Balaban J connectivity index is 1.85. The molecule has 138 valence electrons. The summed E-state index contributed by atoms with van der Waals surface area (Å²) in [5.74, 6) is 0.582. The first-order valence-electron chi connectivity index (χ1n) is 7.48. The zero-order chi connectivity index (χ0) is 19.6. The van der Waals surface area contributed by atoms with Crippen molar-refractivity contribution in [1.29, 1.82) is 5.26 Å². The average molecular weight is 455 g/mol. The van der Waals surface area contributed by atoms with Crippen molar-refractivity contribution in [3.05, 3.63) is 57.5 Å². The fourth-order valence-corrected chi connectivity index (χ4v) is 3.61. The number of rotatable bonds is 4. The lowest BCUT2D eigenvalue weighted by molar-refractivity contribution is -0.138. The van der Waals surface area contributed by atoms with E-state index < -0.39 is 17.3 Å². The van der Waals surface area contributed by atoms with Crippen molar-refractivity contribution in [2.75, 3.05) is 0 Å². The highest BCUT2D eigenvalue weighted by Crippen LogP contribution is 2.36. The third kappa shape index (κ3) is 4.31. The number of thioether (sulfide) groups is 1. The Morgan fingerprint density at radius 3 is 2.67 bits per heavy atom. The second-order valence-electron chi connectivity index (χ2n) is 5.37. The molecular weight excluding hydrogens is 445 g/mol. The molecule has 0 radical (unpaired) electrons. The molecule has 0 amide bonds. The van der Waals surface area contributed by atoms with Crippen molar-refractivity contribution in [2.24, 2.45) is 0 Å². The van der Waals surface area contributed by atoms with Gasteiger partial charge in [-0.1, -0.05) is 23.9 Å². The molecule has 0 N–H and O–H groups in total. The zero-order valence-corrected chi connectivity index (χ0v) is 16.1. The van der Waals surface area contributed by atoms with Crippen LogP contribution in [0.15, 0.2) is 44.2 Å². The number of aryl methyl sites for hydroxylation is 1. The van der Waals surface area contributed by atoms with E-state index in [4.69, 9.17) is 4.42 Å². The molecule has 0 spiro atoms. The molecule has 2 aromatic heterocycles. The van der Waals surface area contributed by atoms with Crippen molar-refractivity contribution in [3.8, 4) is 17.5 Å². The number of hydrogen-bond acceptors (Lipinski definition) is 6. The van der Waals surface area contributed by atoms with Crippen molar-refractivity contribution in [3.63, 3.8) is 0 Å². The van der Waals surface area contributed by atoms with E-state index in [0.29, 0.717) is 5.56 Å². The standard InChI is InChI=1S/C17H10BrF3N4OS/c1-9-6-12(17(19,20)21)11(7-22)16(23-9)27-8-14-24-25-15(26-14)10-4-2-3-5-13(10)18/h2-6H,8H2,1H3. The number of benzene rings is 1. The second kappa shape index (κ2) is 7.70. The molecule has 0 aliphatic carbocycles. The van der Waals surface area contributed by atoms with Crippen molar-refractivity contribution in [1.82, 2.24) is 15.2 Å². The third-order valence-electron chi connectivity index (χ3n) is 3.44. The summed E-state index contributed by atoms with van der Waals surface area (Å²) in [5, 5.41) is 17.0. The summed E-state index contributed by atoms with van der Waals surface area (Å²) in [5.41, 5.74) is -0.640. The van der Waals surface area contributed by atoms with Crippen LogP contribution in [0.1, 0.15) is 22.7 Å². The van der Waals surface area contributed by atoms with E-state index in [9.17, 15) is 18.4 Å². The minimum absolute atomic E-state index is 0.0227. The maximum atomic E-state index is 13.2. The van der Waals surface area contributed by atoms with Crippen LogP contribution in [-0.2, 0) is 11.9 Å². The van der Waals surface area contributed by atoms with E-state index >= 15 is 0 Å². The number of pyridine rings is 1.